The molecular weight excluding hydrogens is 497 g/mol. The van der Waals surface area contributed by atoms with Crippen LogP contribution in [0.25, 0.3) is 0 Å². The molecule has 0 atom stereocenters. The summed E-state index contributed by atoms with van der Waals surface area (Å²) in [6.45, 7) is 7.23. The number of halogens is 1. The molecule has 2 N–H and O–H groups in total. The molecule has 0 bridgehead atoms. The van der Waals surface area contributed by atoms with E-state index in [1.165, 1.54) is 25.7 Å². The van der Waals surface area contributed by atoms with E-state index in [2.05, 4.69) is 32.3 Å². The highest BCUT2D eigenvalue weighted by Gasteiger charge is 2.25. The third kappa shape index (κ3) is 7.28. The summed E-state index contributed by atoms with van der Waals surface area (Å²) in [7, 11) is 0. The van der Waals surface area contributed by atoms with Gasteiger partial charge >= 0.3 is 6.09 Å². The first-order valence-electron chi connectivity index (χ1n) is 11.1. The fourth-order valence-corrected chi connectivity index (χ4v) is 4.02. The fraction of sp³-hybridized carbons (Fsp3) is 0.800. The quantitative estimate of drug-likeness (QED) is 0.318. The zero-order valence-electron chi connectivity index (χ0n) is 18.2. The molecule has 1 saturated heterocycles. The van der Waals surface area contributed by atoms with Crippen LogP contribution in [0.4, 0.5) is 4.79 Å². The average molecular weight is 533 g/mol. The fourth-order valence-electron chi connectivity index (χ4n) is 4.02. The van der Waals surface area contributed by atoms with Crippen LogP contribution in [0.2, 0.25) is 0 Å². The molecule has 1 saturated carbocycles. The van der Waals surface area contributed by atoms with Gasteiger partial charge in [0.25, 0.3) is 0 Å². The van der Waals surface area contributed by atoms with Crippen LogP contribution >= 0.6 is 24.0 Å². The number of aliphatic imine (C=N–C) groups is 1. The van der Waals surface area contributed by atoms with E-state index in [1.54, 1.807) is 11.2 Å². The zero-order chi connectivity index (χ0) is 20.5. The minimum atomic E-state index is -0.204. The minimum absolute atomic E-state index is 0. The lowest BCUT2D eigenvalue weighted by molar-refractivity contribution is 0.0963. The first kappa shape index (κ1) is 24.7. The van der Waals surface area contributed by atoms with E-state index in [-0.39, 0.29) is 30.1 Å². The van der Waals surface area contributed by atoms with Gasteiger partial charge in [0.2, 0.25) is 0 Å². The number of guanidine groups is 1. The Bertz CT molecular complexity index is 668. The predicted octanol–water partition coefficient (Wildman–Crippen LogP) is 2.56. The zero-order valence-corrected chi connectivity index (χ0v) is 20.5. The van der Waals surface area contributed by atoms with Crippen molar-refractivity contribution in [1.82, 2.24) is 30.3 Å². The number of carbonyl (C=O) groups is 1. The normalized spacial score (nSPS) is 18.2. The number of hydrogen-bond acceptors (Lipinski definition) is 5. The Balaban J connectivity index is 0.00000320. The lowest BCUT2D eigenvalue weighted by Crippen LogP contribution is -2.51. The molecule has 1 aliphatic carbocycles. The van der Waals surface area contributed by atoms with Gasteiger partial charge in [0.1, 0.15) is 12.2 Å². The maximum atomic E-state index is 11.9. The number of likely N-dealkylation sites (tertiary alicyclic amines) is 1. The second-order valence-electron chi connectivity index (χ2n) is 7.75. The molecule has 1 aromatic heterocycles. The number of aromatic nitrogens is 3. The van der Waals surface area contributed by atoms with Crippen molar-refractivity contribution in [2.75, 3.05) is 26.2 Å². The van der Waals surface area contributed by atoms with Gasteiger partial charge in [-0.1, -0.05) is 19.8 Å². The van der Waals surface area contributed by atoms with Crippen LogP contribution in [0.5, 0.6) is 0 Å². The van der Waals surface area contributed by atoms with E-state index in [0.29, 0.717) is 38.3 Å². The largest absolute Gasteiger partial charge is 0.450 e. The molecule has 10 heteroatoms. The lowest BCUT2D eigenvalue weighted by Gasteiger charge is -2.32. The third-order valence-electron chi connectivity index (χ3n) is 5.68. The summed E-state index contributed by atoms with van der Waals surface area (Å²) >= 11 is 0. The number of nitrogens with zero attached hydrogens (tertiary/aromatic N) is 5. The number of carbonyl (C=O) groups excluding carboxylic acids is 1. The van der Waals surface area contributed by atoms with Gasteiger partial charge in [0.15, 0.2) is 5.96 Å². The molecule has 1 aromatic rings. The molecule has 2 heterocycles. The van der Waals surface area contributed by atoms with Crippen LogP contribution in [-0.4, -0.2) is 70.0 Å². The van der Waals surface area contributed by atoms with Crippen molar-refractivity contribution < 1.29 is 9.53 Å². The van der Waals surface area contributed by atoms with E-state index in [9.17, 15) is 4.79 Å². The Hall–Kier alpha value is -1.59. The number of amides is 1. The van der Waals surface area contributed by atoms with E-state index < -0.39 is 0 Å². The first-order chi connectivity index (χ1) is 14.2. The van der Waals surface area contributed by atoms with Crippen LogP contribution < -0.4 is 10.6 Å². The summed E-state index contributed by atoms with van der Waals surface area (Å²) in [5.74, 6) is 1.88. The standard InChI is InChI=1S/C20H35N7O2.HI/c1-3-18-25-22-15-27(18)14-11-21-19(23-16-7-5-6-8-16)24-17-9-12-26(13-10-17)20(28)29-4-2;/h15-17H,3-14H2,1-2H3,(H2,21,23,24);1H. The molecule has 9 nitrogen and oxygen atoms in total. The highest BCUT2D eigenvalue weighted by Crippen LogP contribution is 2.18. The Kier molecular flexibility index (Phi) is 10.7. The molecule has 0 unspecified atom stereocenters. The Morgan fingerprint density at radius 2 is 1.83 bits per heavy atom. The van der Waals surface area contributed by atoms with Gasteiger partial charge in [-0.15, -0.1) is 34.2 Å². The summed E-state index contributed by atoms with van der Waals surface area (Å²) in [6.07, 6.45) is 9.20. The molecule has 0 spiro atoms. The summed E-state index contributed by atoms with van der Waals surface area (Å²) in [5.41, 5.74) is 0. The predicted molar refractivity (Wildman–Crippen MR) is 127 cm³/mol. The third-order valence-corrected chi connectivity index (χ3v) is 5.68. The van der Waals surface area contributed by atoms with Gasteiger partial charge in [0, 0.05) is 38.1 Å². The molecular formula is C20H36IN7O2. The van der Waals surface area contributed by atoms with Crippen LogP contribution in [0.3, 0.4) is 0 Å². The van der Waals surface area contributed by atoms with Gasteiger partial charge in [-0.25, -0.2) is 4.79 Å². The van der Waals surface area contributed by atoms with Crippen molar-refractivity contribution in [3.63, 3.8) is 0 Å². The first-order valence-corrected chi connectivity index (χ1v) is 11.1. The maximum absolute atomic E-state index is 11.9. The van der Waals surface area contributed by atoms with Crippen molar-refractivity contribution >= 4 is 36.0 Å². The second-order valence-corrected chi connectivity index (χ2v) is 7.75. The van der Waals surface area contributed by atoms with Gasteiger partial charge in [-0.2, -0.15) is 0 Å². The van der Waals surface area contributed by atoms with Gasteiger partial charge in [0.05, 0.1) is 13.2 Å². The molecule has 170 valence electrons. The van der Waals surface area contributed by atoms with Crippen LogP contribution in [-0.2, 0) is 17.7 Å². The molecule has 2 fully saturated rings. The molecule has 2 aliphatic rings. The number of piperidine rings is 1. The number of ether oxygens (including phenoxy) is 1. The Labute approximate surface area is 196 Å². The summed E-state index contributed by atoms with van der Waals surface area (Å²) < 4.78 is 7.18. The van der Waals surface area contributed by atoms with Crippen LogP contribution in [0.1, 0.15) is 58.2 Å². The van der Waals surface area contributed by atoms with Crippen molar-refractivity contribution in [1.29, 1.82) is 0 Å². The van der Waals surface area contributed by atoms with Crippen LogP contribution in [0.15, 0.2) is 11.3 Å². The molecule has 30 heavy (non-hydrogen) atoms. The number of aryl methyl sites for hydroxylation is 1. The topological polar surface area (TPSA) is 96.7 Å². The average Bonchev–Trinajstić information content (AvgIpc) is 3.40. The Morgan fingerprint density at radius 1 is 1.17 bits per heavy atom. The number of nitrogens with one attached hydrogen (secondary N) is 2. The highest BCUT2D eigenvalue weighted by molar-refractivity contribution is 14.0. The summed E-state index contributed by atoms with van der Waals surface area (Å²) in [6, 6.07) is 0.816. The monoisotopic (exact) mass is 533 g/mol. The van der Waals surface area contributed by atoms with Crippen molar-refractivity contribution in [3.05, 3.63) is 12.2 Å². The number of rotatable bonds is 7. The molecule has 0 aromatic carbocycles. The SMILES string of the molecule is CCOC(=O)N1CCC(NC(=NCCn2cnnc2CC)NC2CCCC2)CC1.I. The van der Waals surface area contributed by atoms with Crippen molar-refractivity contribution in [2.45, 2.75) is 77.4 Å². The van der Waals surface area contributed by atoms with Gasteiger partial charge in [-0.05, 0) is 32.6 Å². The van der Waals surface area contributed by atoms with E-state index in [4.69, 9.17) is 9.73 Å². The molecule has 3 rings (SSSR count). The van der Waals surface area contributed by atoms with Crippen molar-refractivity contribution in [2.24, 2.45) is 4.99 Å². The van der Waals surface area contributed by atoms with Crippen molar-refractivity contribution in [3.8, 4) is 0 Å². The Morgan fingerprint density at radius 3 is 2.47 bits per heavy atom. The maximum Gasteiger partial charge on any atom is 0.409 e. The minimum Gasteiger partial charge on any atom is -0.450 e. The van der Waals surface area contributed by atoms with E-state index in [0.717, 1.165) is 37.6 Å². The van der Waals surface area contributed by atoms with E-state index in [1.807, 2.05) is 6.92 Å². The van der Waals surface area contributed by atoms with Gasteiger partial charge < -0.3 is 24.8 Å². The summed E-state index contributed by atoms with van der Waals surface area (Å²) in [4.78, 5) is 18.5. The summed E-state index contributed by atoms with van der Waals surface area (Å²) in [5, 5.41) is 15.3. The second kappa shape index (κ2) is 13.0. The molecule has 1 amide bonds. The van der Waals surface area contributed by atoms with Crippen LogP contribution in [0, 0.1) is 0 Å². The number of hydrogen-bond donors (Lipinski definition) is 2. The molecule has 1 aliphatic heterocycles. The smallest absolute Gasteiger partial charge is 0.409 e. The molecule has 0 radical (unpaired) electrons. The lowest BCUT2D eigenvalue weighted by atomic mass is 10.1. The highest BCUT2D eigenvalue weighted by atomic mass is 127. The van der Waals surface area contributed by atoms with Gasteiger partial charge in [-0.3, -0.25) is 4.99 Å². The van der Waals surface area contributed by atoms with E-state index >= 15 is 0 Å².